The number of rotatable bonds is 9. The summed E-state index contributed by atoms with van der Waals surface area (Å²) >= 11 is 6.11. The van der Waals surface area contributed by atoms with E-state index in [2.05, 4.69) is 10.0 Å². The van der Waals surface area contributed by atoms with Gasteiger partial charge in [0.2, 0.25) is 0 Å². The number of anilines is 1. The van der Waals surface area contributed by atoms with E-state index in [0.29, 0.717) is 33.8 Å². The number of nitrogens with one attached hydrogen (secondary N) is 2. The Bertz CT molecular complexity index is 1390. The van der Waals surface area contributed by atoms with E-state index in [0.717, 1.165) is 11.1 Å². The first-order valence-electron chi connectivity index (χ1n) is 11.5. The maximum absolute atomic E-state index is 13.0. The Morgan fingerprint density at radius 1 is 0.972 bits per heavy atom. The summed E-state index contributed by atoms with van der Waals surface area (Å²) < 4.78 is 28.7. The minimum Gasteiger partial charge on any atom is -0.480 e. The highest BCUT2D eigenvalue weighted by Gasteiger charge is 2.25. The summed E-state index contributed by atoms with van der Waals surface area (Å²) in [5, 5.41) is 12.5. The van der Waals surface area contributed by atoms with E-state index in [9.17, 15) is 23.1 Å². The fourth-order valence-corrected chi connectivity index (χ4v) is 5.32. The number of amides is 1. The SMILES string of the molecule is CCC(C)C(NC(=O)c1ccc(-c2cccc(NS(=O)(=O)c3cc(C)c(Cl)cc3C)c2)cc1)C(=O)O. The standard InChI is InChI=1S/C27H29ClN2O5S/c1-5-16(2)25(27(32)33)29-26(31)20-11-9-19(10-12-20)21-7-6-8-22(15-21)30-36(34,35)24-14-17(3)23(28)13-18(24)4/h6-16,25,30H,5H2,1-4H3,(H,29,31)(H,32,33). The highest BCUT2D eigenvalue weighted by atomic mass is 35.5. The number of benzene rings is 3. The van der Waals surface area contributed by atoms with E-state index in [-0.39, 0.29) is 10.8 Å². The van der Waals surface area contributed by atoms with Crippen LogP contribution in [0.3, 0.4) is 0 Å². The minimum absolute atomic E-state index is 0.155. The zero-order valence-corrected chi connectivity index (χ0v) is 22.1. The molecular weight excluding hydrogens is 500 g/mol. The molecule has 1 amide bonds. The van der Waals surface area contributed by atoms with E-state index in [1.807, 2.05) is 13.0 Å². The molecule has 0 aliphatic heterocycles. The highest BCUT2D eigenvalue weighted by Crippen LogP contribution is 2.28. The molecule has 0 saturated heterocycles. The minimum atomic E-state index is -3.84. The molecule has 190 valence electrons. The Morgan fingerprint density at radius 3 is 2.25 bits per heavy atom. The molecule has 3 aromatic rings. The average Bonchev–Trinajstić information content (AvgIpc) is 2.83. The third-order valence-corrected chi connectivity index (χ3v) is 8.04. The van der Waals surface area contributed by atoms with Crippen molar-refractivity contribution in [2.75, 3.05) is 4.72 Å². The molecule has 3 rings (SSSR count). The van der Waals surface area contributed by atoms with Gasteiger partial charge >= 0.3 is 5.97 Å². The topological polar surface area (TPSA) is 113 Å². The molecule has 0 radical (unpaired) electrons. The Kier molecular flexibility index (Phi) is 8.43. The number of hydrogen-bond acceptors (Lipinski definition) is 4. The lowest BCUT2D eigenvalue weighted by Gasteiger charge is -2.20. The Labute approximate surface area is 216 Å². The van der Waals surface area contributed by atoms with Crippen LogP contribution in [0.15, 0.2) is 65.6 Å². The largest absolute Gasteiger partial charge is 0.480 e. The summed E-state index contributed by atoms with van der Waals surface area (Å²) in [4.78, 5) is 24.2. The first kappa shape index (κ1) is 27.2. The maximum Gasteiger partial charge on any atom is 0.326 e. The van der Waals surface area contributed by atoms with Crippen LogP contribution < -0.4 is 10.0 Å². The summed E-state index contributed by atoms with van der Waals surface area (Å²) in [7, 11) is -3.84. The van der Waals surface area contributed by atoms with Crippen molar-refractivity contribution in [2.24, 2.45) is 5.92 Å². The van der Waals surface area contributed by atoms with E-state index < -0.39 is 27.9 Å². The lowest BCUT2D eigenvalue weighted by molar-refractivity contribution is -0.140. The number of carboxylic acids is 1. The second kappa shape index (κ2) is 11.1. The molecule has 2 atom stereocenters. The molecule has 0 bridgehead atoms. The molecule has 7 nitrogen and oxygen atoms in total. The van der Waals surface area contributed by atoms with Crippen LogP contribution in [0.4, 0.5) is 5.69 Å². The Hall–Kier alpha value is -3.36. The zero-order valence-electron chi connectivity index (χ0n) is 20.5. The van der Waals surface area contributed by atoms with Crippen molar-refractivity contribution in [3.8, 4) is 11.1 Å². The van der Waals surface area contributed by atoms with E-state index in [1.54, 1.807) is 75.4 Å². The number of halogens is 1. The predicted molar refractivity (Wildman–Crippen MR) is 142 cm³/mol. The van der Waals surface area contributed by atoms with Crippen LogP contribution in [0.25, 0.3) is 11.1 Å². The summed E-state index contributed by atoms with van der Waals surface area (Å²) in [5.41, 5.74) is 3.44. The number of sulfonamides is 1. The maximum atomic E-state index is 13.0. The summed E-state index contributed by atoms with van der Waals surface area (Å²) in [5.74, 6) is -1.75. The molecule has 0 heterocycles. The van der Waals surface area contributed by atoms with E-state index in [1.165, 1.54) is 0 Å². The van der Waals surface area contributed by atoms with Crippen LogP contribution in [-0.2, 0) is 14.8 Å². The van der Waals surface area contributed by atoms with Crippen molar-refractivity contribution >= 4 is 39.2 Å². The third-order valence-electron chi connectivity index (χ3n) is 6.11. The molecule has 0 spiro atoms. The molecule has 9 heteroatoms. The first-order valence-corrected chi connectivity index (χ1v) is 13.3. The van der Waals surface area contributed by atoms with Crippen LogP contribution in [0, 0.1) is 19.8 Å². The van der Waals surface area contributed by atoms with Gasteiger partial charge < -0.3 is 10.4 Å². The van der Waals surface area contributed by atoms with E-state index in [4.69, 9.17) is 11.6 Å². The zero-order chi connectivity index (χ0) is 26.6. The van der Waals surface area contributed by atoms with Gasteiger partial charge in [0.05, 0.1) is 4.90 Å². The Balaban J connectivity index is 1.80. The molecule has 0 aromatic heterocycles. The summed E-state index contributed by atoms with van der Waals surface area (Å²) in [6.45, 7) is 7.08. The third kappa shape index (κ3) is 6.25. The summed E-state index contributed by atoms with van der Waals surface area (Å²) in [6, 6.07) is 15.8. The number of aryl methyl sites for hydroxylation is 2. The second-order valence-corrected chi connectivity index (χ2v) is 10.9. The van der Waals surface area contributed by atoms with E-state index >= 15 is 0 Å². The van der Waals surface area contributed by atoms with Gasteiger partial charge in [0, 0.05) is 16.3 Å². The van der Waals surface area contributed by atoms with Gasteiger partial charge in [-0.15, -0.1) is 0 Å². The lowest BCUT2D eigenvalue weighted by atomic mass is 9.98. The quantitative estimate of drug-likeness (QED) is 0.332. The van der Waals surface area contributed by atoms with Crippen molar-refractivity contribution < 1.29 is 23.1 Å². The molecule has 0 aliphatic rings. The monoisotopic (exact) mass is 528 g/mol. The van der Waals surface area contributed by atoms with Gasteiger partial charge in [-0.25, -0.2) is 13.2 Å². The smallest absolute Gasteiger partial charge is 0.326 e. The fourth-order valence-electron chi connectivity index (χ4n) is 3.74. The van der Waals surface area contributed by atoms with Gasteiger partial charge in [-0.3, -0.25) is 9.52 Å². The van der Waals surface area contributed by atoms with Crippen molar-refractivity contribution in [3.05, 3.63) is 82.4 Å². The fraction of sp³-hybridized carbons (Fsp3) is 0.259. The molecule has 3 N–H and O–H groups in total. The van der Waals surface area contributed by atoms with Crippen LogP contribution in [-0.4, -0.2) is 31.4 Å². The molecular formula is C27H29ClN2O5S. The molecule has 36 heavy (non-hydrogen) atoms. The number of carbonyl (C=O) groups is 2. The van der Waals surface area contributed by atoms with Crippen LogP contribution in [0.2, 0.25) is 5.02 Å². The van der Waals surface area contributed by atoms with Gasteiger partial charge in [-0.05, 0) is 78.4 Å². The van der Waals surface area contributed by atoms with Gasteiger partial charge in [-0.1, -0.05) is 56.1 Å². The molecule has 0 fully saturated rings. The van der Waals surface area contributed by atoms with Crippen LogP contribution in [0.1, 0.15) is 41.8 Å². The molecule has 0 saturated carbocycles. The second-order valence-electron chi connectivity index (χ2n) is 8.81. The van der Waals surface area contributed by atoms with Crippen molar-refractivity contribution in [3.63, 3.8) is 0 Å². The summed E-state index contributed by atoms with van der Waals surface area (Å²) in [6.07, 6.45) is 0.619. The highest BCUT2D eigenvalue weighted by molar-refractivity contribution is 7.92. The molecule has 2 unspecified atom stereocenters. The van der Waals surface area contributed by atoms with Crippen molar-refractivity contribution in [1.82, 2.24) is 5.32 Å². The predicted octanol–water partition coefficient (Wildman–Crippen LogP) is 5.65. The van der Waals surface area contributed by atoms with Crippen molar-refractivity contribution in [2.45, 2.75) is 45.1 Å². The number of aliphatic carboxylic acids is 1. The van der Waals surface area contributed by atoms with Gasteiger partial charge in [0.25, 0.3) is 15.9 Å². The average molecular weight is 529 g/mol. The Morgan fingerprint density at radius 2 is 1.64 bits per heavy atom. The van der Waals surface area contributed by atoms with Gasteiger partial charge in [-0.2, -0.15) is 0 Å². The molecule has 3 aromatic carbocycles. The normalized spacial score (nSPS) is 13.0. The lowest BCUT2D eigenvalue weighted by Crippen LogP contribution is -2.45. The number of hydrogen-bond donors (Lipinski definition) is 3. The van der Waals surface area contributed by atoms with Crippen molar-refractivity contribution in [1.29, 1.82) is 0 Å². The van der Waals surface area contributed by atoms with Crippen LogP contribution >= 0.6 is 11.6 Å². The van der Waals surface area contributed by atoms with Gasteiger partial charge in [0.15, 0.2) is 0 Å². The molecule has 0 aliphatic carbocycles. The van der Waals surface area contributed by atoms with Gasteiger partial charge in [0.1, 0.15) is 6.04 Å². The number of carboxylic acid groups (broad SMARTS) is 1. The van der Waals surface area contributed by atoms with Crippen LogP contribution in [0.5, 0.6) is 0 Å². The number of carbonyl (C=O) groups excluding carboxylic acids is 1. The first-order chi connectivity index (χ1) is 16.9.